The van der Waals surface area contributed by atoms with Gasteiger partial charge in [0.25, 0.3) is 0 Å². The molecule has 5 nitrogen and oxygen atoms in total. The van der Waals surface area contributed by atoms with Crippen molar-refractivity contribution in [3.63, 3.8) is 0 Å². The number of hydrogen-bond donors (Lipinski definition) is 0. The van der Waals surface area contributed by atoms with Crippen LogP contribution in [-0.4, -0.2) is 32.8 Å². The minimum Gasteiger partial charge on any atom is -0.449 e. The van der Waals surface area contributed by atoms with Crippen LogP contribution < -0.4 is 0 Å². The fourth-order valence-corrected chi connectivity index (χ4v) is 3.79. The molecule has 0 atom stereocenters. The molecule has 6 heteroatoms. The standard InChI is InChI=1S/C13H26O5Si/c1-9-12(14)17-19(15-10(2)3,16-11(4)5)18-13(6,7)8/h9-11H,1H2,2-8H3. The fraction of sp³-hybridized carbons (Fsp3) is 0.769. The van der Waals surface area contributed by atoms with E-state index in [1.165, 1.54) is 0 Å². The summed E-state index contributed by atoms with van der Waals surface area (Å²) in [6.45, 7) is 16.3. The van der Waals surface area contributed by atoms with Gasteiger partial charge in [-0.15, -0.1) is 0 Å². The van der Waals surface area contributed by atoms with E-state index in [2.05, 4.69) is 6.58 Å². The van der Waals surface area contributed by atoms with Crippen LogP contribution >= 0.6 is 0 Å². The van der Waals surface area contributed by atoms with E-state index < -0.39 is 20.6 Å². The van der Waals surface area contributed by atoms with Crippen molar-refractivity contribution in [1.29, 1.82) is 0 Å². The van der Waals surface area contributed by atoms with Gasteiger partial charge in [-0.1, -0.05) is 6.58 Å². The molecule has 0 aliphatic rings. The number of rotatable bonds is 7. The molecule has 0 aliphatic carbocycles. The third-order valence-electron chi connectivity index (χ3n) is 1.58. The van der Waals surface area contributed by atoms with Gasteiger partial charge in [-0.3, -0.25) is 0 Å². The number of hydrogen-bond acceptors (Lipinski definition) is 5. The molecule has 0 N–H and O–H groups in total. The summed E-state index contributed by atoms with van der Waals surface area (Å²) in [4.78, 5) is 11.5. The van der Waals surface area contributed by atoms with Crippen LogP contribution in [-0.2, 0) is 22.5 Å². The van der Waals surface area contributed by atoms with Crippen molar-refractivity contribution < 1.29 is 22.5 Å². The molecule has 0 rings (SSSR count). The third kappa shape index (κ3) is 8.15. The first-order valence-corrected chi connectivity index (χ1v) is 8.04. The molecule has 0 heterocycles. The third-order valence-corrected chi connectivity index (χ3v) is 4.42. The van der Waals surface area contributed by atoms with Gasteiger partial charge in [0.05, 0.1) is 5.60 Å². The molecule has 0 radical (unpaired) electrons. The van der Waals surface area contributed by atoms with E-state index in [9.17, 15) is 4.79 Å². The van der Waals surface area contributed by atoms with E-state index in [0.717, 1.165) is 6.08 Å². The van der Waals surface area contributed by atoms with Gasteiger partial charge in [-0.25, -0.2) is 4.79 Å². The van der Waals surface area contributed by atoms with Gasteiger partial charge in [0, 0.05) is 18.3 Å². The molecule has 0 amide bonds. The van der Waals surface area contributed by atoms with Crippen LogP contribution in [0.25, 0.3) is 0 Å². The largest absolute Gasteiger partial charge is 0.752 e. The zero-order chi connectivity index (χ0) is 15.3. The van der Waals surface area contributed by atoms with Crippen LogP contribution in [0.5, 0.6) is 0 Å². The van der Waals surface area contributed by atoms with Crippen molar-refractivity contribution >= 4 is 15.0 Å². The van der Waals surface area contributed by atoms with E-state index in [1.54, 1.807) is 0 Å². The summed E-state index contributed by atoms with van der Waals surface area (Å²) in [6, 6.07) is 0. The Hall–Kier alpha value is -0.693. The summed E-state index contributed by atoms with van der Waals surface area (Å²) < 4.78 is 22.5. The van der Waals surface area contributed by atoms with E-state index in [0.29, 0.717) is 0 Å². The van der Waals surface area contributed by atoms with E-state index in [1.807, 2.05) is 48.5 Å². The lowest BCUT2D eigenvalue weighted by Crippen LogP contribution is -2.56. The molecular weight excluding hydrogens is 264 g/mol. The molecule has 0 bridgehead atoms. The Morgan fingerprint density at radius 3 is 1.79 bits per heavy atom. The van der Waals surface area contributed by atoms with Crippen LogP contribution in [0.3, 0.4) is 0 Å². The minimum atomic E-state index is -3.56. The van der Waals surface area contributed by atoms with Gasteiger partial charge in [-0.2, -0.15) is 0 Å². The summed E-state index contributed by atoms with van der Waals surface area (Å²) in [5, 5.41) is 0. The number of carbonyl (C=O) groups excluding carboxylic acids is 1. The predicted octanol–water partition coefficient (Wildman–Crippen LogP) is 2.82. The molecule has 0 saturated carbocycles. The van der Waals surface area contributed by atoms with E-state index in [4.69, 9.17) is 17.7 Å². The number of carbonyl (C=O) groups is 1. The summed E-state index contributed by atoms with van der Waals surface area (Å²) in [6.07, 6.45) is 0.692. The zero-order valence-electron chi connectivity index (χ0n) is 13.0. The van der Waals surface area contributed by atoms with Gasteiger partial charge in [0.15, 0.2) is 0 Å². The minimum absolute atomic E-state index is 0.189. The van der Waals surface area contributed by atoms with Crippen molar-refractivity contribution in [2.24, 2.45) is 0 Å². The van der Waals surface area contributed by atoms with Gasteiger partial charge in [0.1, 0.15) is 0 Å². The highest BCUT2D eigenvalue weighted by molar-refractivity contribution is 6.56. The Labute approximate surface area is 117 Å². The molecule has 0 aromatic heterocycles. The molecule has 0 aliphatic heterocycles. The Morgan fingerprint density at radius 2 is 1.53 bits per heavy atom. The molecule has 0 unspecified atom stereocenters. The van der Waals surface area contributed by atoms with Crippen molar-refractivity contribution in [3.05, 3.63) is 12.7 Å². The van der Waals surface area contributed by atoms with Gasteiger partial charge >= 0.3 is 15.0 Å². The van der Waals surface area contributed by atoms with Crippen LogP contribution in [0.4, 0.5) is 0 Å². The second-order valence-electron chi connectivity index (χ2n) is 5.67. The van der Waals surface area contributed by atoms with Crippen molar-refractivity contribution in [2.45, 2.75) is 66.3 Å². The van der Waals surface area contributed by atoms with Crippen LogP contribution in [0, 0.1) is 0 Å². The lowest BCUT2D eigenvalue weighted by Gasteiger charge is -2.35. The van der Waals surface area contributed by atoms with Crippen LogP contribution in [0.15, 0.2) is 12.7 Å². The fourth-order valence-electron chi connectivity index (χ4n) is 1.26. The van der Waals surface area contributed by atoms with E-state index in [-0.39, 0.29) is 12.2 Å². The SMILES string of the molecule is C=CC(=O)O[Si](OC(C)C)(OC(C)C)OC(C)(C)C. The summed E-state index contributed by atoms with van der Waals surface area (Å²) in [5.41, 5.74) is -0.558. The lowest BCUT2D eigenvalue weighted by atomic mass is 10.2. The molecule has 0 spiro atoms. The second kappa shape index (κ2) is 7.19. The molecule has 112 valence electrons. The Bertz CT molecular complexity index is 297. The normalized spacial score (nSPS) is 12.9. The average Bonchev–Trinajstić information content (AvgIpc) is 2.11. The van der Waals surface area contributed by atoms with Crippen LogP contribution in [0.2, 0.25) is 0 Å². The monoisotopic (exact) mass is 290 g/mol. The Morgan fingerprint density at radius 1 is 1.11 bits per heavy atom. The van der Waals surface area contributed by atoms with Crippen molar-refractivity contribution in [3.8, 4) is 0 Å². The molecule has 0 fully saturated rings. The molecule has 0 aromatic rings. The highest BCUT2D eigenvalue weighted by Gasteiger charge is 2.54. The summed E-state index contributed by atoms with van der Waals surface area (Å²) in [7, 11) is -3.56. The lowest BCUT2D eigenvalue weighted by molar-refractivity contribution is -0.146. The first-order chi connectivity index (χ1) is 8.49. The van der Waals surface area contributed by atoms with Crippen LogP contribution in [0.1, 0.15) is 48.5 Å². The smallest absolute Gasteiger partial charge is 0.449 e. The summed E-state index contributed by atoms with van der Waals surface area (Å²) >= 11 is 0. The molecular formula is C13H26O5Si. The van der Waals surface area contributed by atoms with Crippen molar-refractivity contribution in [1.82, 2.24) is 0 Å². The maximum Gasteiger partial charge on any atom is 0.752 e. The summed E-state index contributed by atoms with van der Waals surface area (Å²) in [5.74, 6) is -0.614. The van der Waals surface area contributed by atoms with Gasteiger partial charge < -0.3 is 17.7 Å². The quantitative estimate of drug-likeness (QED) is 0.533. The Balaban J connectivity index is 5.29. The molecule has 19 heavy (non-hydrogen) atoms. The van der Waals surface area contributed by atoms with Crippen molar-refractivity contribution in [2.75, 3.05) is 0 Å². The molecule has 0 saturated heterocycles. The highest BCUT2D eigenvalue weighted by atomic mass is 28.4. The topological polar surface area (TPSA) is 54.0 Å². The maximum atomic E-state index is 11.5. The second-order valence-corrected chi connectivity index (χ2v) is 7.55. The predicted molar refractivity (Wildman–Crippen MR) is 75.3 cm³/mol. The van der Waals surface area contributed by atoms with Gasteiger partial charge in [0.2, 0.25) is 0 Å². The maximum absolute atomic E-state index is 11.5. The molecule has 0 aromatic carbocycles. The van der Waals surface area contributed by atoms with E-state index >= 15 is 0 Å². The van der Waals surface area contributed by atoms with Gasteiger partial charge in [-0.05, 0) is 48.5 Å². The first kappa shape index (κ1) is 18.3. The first-order valence-electron chi connectivity index (χ1n) is 6.41. The zero-order valence-corrected chi connectivity index (χ0v) is 14.0. The Kier molecular flexibility index (Phi) is 6.92. The average molecular weight is 290 g/mol. The highest BCUT2D eigenvalue weighted by Crippen LogP contribution is 2.23.